The van der Waals surface area contributed by atoms with Crippen LogP contribution in [0.15, 0.2) is 24.3 Å². The van der Waals surface area contributed by atoms with E-state index in [1.807, 2.05) is 0 Å². The number of ether oxygens (including phenoxy) is 1. The van der Waals surface area contributed by atoms with Gasteiger partial charge in [0.05, 0.1) is 12.1 Å². The smallest absolute Gasteiger partial charge is 0.421 e. The molecule has 110 valence electrons. The van der Waals surface area contributed by atoms with Crippen LogP contribution >= 0.6 is 0 Å². The van der Waals surface area contributed by atoms with Crippen molar-refractivity contribution in [2.24, 2.45) is 0 Å². The van der Waals surface area contributed by atoms with E-state index < -0.39 is 23.1 Å². The number of amides is 3. The Hall–Kier alpha value is -2.37. The first kappa shape index (κ1) is 13.6. The molecule has 0 bridgehead atoms. The van der Waals surface area contributed by atoms with E-state index in [9.17, 15) is 14.4 Å². The lowest BCUT2D eigenvalue weighted by Gasteiger charge is -2.37. The molecule has 3 rings (SSSR count). The number of β-lactam (4-membered cyclic amide) rings is 1. The summed E-state index contributed by atoms with van der Waals surface area (Å²) in [6.45, 7) is 5.20. The van der Waals surface area contributed by atoms with Gasteiger partial charge in [0.2, 0.25) is 5.91 Å². The number of para-hydroxylation sites is 1. The minimum absolute atomic E-state index is 0.0577. The number of carbonyl (C=O) groups excluding carboxylic acids is 3. The van der Waals surface area contributed by atoms with Gasteiger partial charge in [-0.15, -0.1) is 0 Å². The molecule has 2 heterocycles. The number of carbonyl (C=O) groups is 3. The molecule has 1 unspecified atom stereocenters. The zero-order valence-electron chi connectivity index (χ0n) is 12.1. The normalized spacial score (nSPS) is 23.7. The Morgan fingerprint density at radius 1 is 1.29 bits per heavy atom. The fourth-order valence-corrected chi connectivity index (χ4v) is 2.69. The van der Waals surface area contributed by atoms with Gasteiger partial charge < -0.3 is 10.1 Å². The van der Waals surface area contributed by atoms with Gasteiger partial charge in [0.15, 0.2) is 5.54 Å². The summed E-state index contributed by atoms with van der Waals surface area (Å²) in [5.41, 5.74) is -0.701. The van der Waals surface area contributed by atoms with Gasteiger partial charge in [0.25, 0.3) is 5.91 Å². The van der Waals surface area contributed by atoms with E-state index in [-0.39, 0.29) is 12.3 Å². The van der Waals surface area contributed by atoms with Gasteiger partial charge >= 0.3 is 6.09 Å². The van der Waals surface area contributed by atoms with Crippen LogP contribution in [-0.2, 0) is 19.9 Å². The summed E-state index contributed by atoms with van der Waals surface area (Å²) in [4.78, 5) is 37.3. The van der Waals surface area contributed by atoms with Crippen molar-refractivity contribution >= 4 is 23.6 Å². The molecule has 0 saturated carbocycles. The molecule has 0 aromatic heterocycles. The van der Waals surface area contributed by atoms with Crippen molar-refractivity contribution in [3.63, 3.8) is 0 Å². The lowest BCUT2D eigenvalue weighted by Crippen LogP contribution is -2.64. The molecule has 1 aromatic carbocycles. The molecule has 2 aliphatic heterocycles. The van der Waals surface area contributed by atoms with Crippen molar-refractivity contribution in [3.05, 3.63) is 29.8 Å². The van der Waals surface area contributed by atoms with Crippen molar-refractivity contribution in [2.45, 2.75) is 38.3 Å². The predicted molar refractivity (Wildman–Crippen MR) is 74.6 cm³/mol. The molecule has 2 aliphatic rings. The molecule has 1 saturated heterocycles. The summed E-state index contributed by atoms with van der Waals surface area (Å²) in [6.07, 6.45) is -0.666. The number of hydrogen-bond donors (Lipinski definition) is 1. The molecule has 3 amide bonds. The van der Waals surface area contributed by atoms with Crippen molar-refractivity contribution in [3.8, 4) is 0 Å². The first-order valence-corrected chi connectivity index (χ1v) is 6.73. The minimum atomic E-state index is -1.11. The van der Waals surface area contributed by atoms with Crippen LogP contribution in [0, 0.1) is 0 Å². The third-order valence-corrected chi connectivity index (χ3v) is 3.53. The molecule has 1 spiro atoms. The van der Waals surface area contributed by atoms with E-state index in [4.69, 9.17) is 4.74 Å². The second-order valence-electron chi connectivity index (χ2n) is 6.27. The molecular weight excluding hydrogens is 272 g/mol. The molecular formula is C15H16N2O4. The quantitative estimate of drug-likeness (QED) is 0.737. The molecule has 1 N–H and O–H groups in total. The number of rotatable bonds is 0. The molecule has 0 aliphatic carbocycles. The largest absolute Gasteiger partial charge is 0.443 e. The topological polar surface area (TPSA) is 75.7 Å². The first-order valence-electron chi connectivity index (χ1n) is 6.73. The van der Waals surface area contributed by atoms with E-state index >= 15 is 0 Å². The number of fused-ring (bicyclic) bond motifs is 2. The summed E-state index contributed by atoms with van der Waals surface area (Å²) < 4.78 is 5.29. The van der Waals surface area contributed by atoms with Gasteiger partial charge in [0.1, 0.15) is 5.60 Å². The van der Waals surface area contributed by atoms with Crippen LogP contribution in [0.25, 0.3) is 0 Å². The molecule has 1 fully saturated rings. The van der Waals surface area contributed by atoms with Crippen molar-refractivity contribution in [2.75, 3.05) is 4.90 Å². The van der Waals surface area contributed by atoms with Crippen molar-refractivity contribution < 1.29 is 19.1 Å². The number of hydrogen-bond acceptors (Lipinski definition) is 4. The number of benzene rings is 1. The maximum Gasteiger partial charge on any atom is 0.421 e. The van der Waals surface area contributed by atoms with Gasteiger partial charge in [-0.2, -0.15) is 0 Å². The van der Waals surface area contributed by atoms with Crippen LogP contribution in [-0.4, -0.2) is 23.5 Å². The summed E-state index contributed by atoms with van der Waals surface area (Å²) in [5, 5.41) is 2.63. The van der Waals surface area contributed by atoms with Crippen LogP contribution < -0.4 is 10.2 Å². The third-order valence-electron chi connectivity index (χ3n) is 3.53. The van der Waals surface area contributed by atoms with Gasteiger partial charge in [-0.25, -0.2) is 9.69 Å². The Labute approximate surface area is 122 Å². The van der Waals surface area contributed by atoms with E-state index in [1.165, 1.54) is 0 Å². The number of anilines is 1. The Kier molecular flexibility index (Phi) is 2.63. The number of imide groups is 1. The first-order chi connectivity index (χ1) is 9.74. The number of nitrogens with zero attached hydrogens (tertiary/aromatic N) is 1. The zero-order valence-corrected chi connectivity index (χ0v) is 12.1. The lowest BCUT2D eigenvalue weighted by molar-refractivity contribution is -0.142. The van der Waals surface area contributed by atoms with Crippen LogP contribution in [0.3, 0.4) is 0 Å². The molecule has 6 nitrogen and oxygen atoms in total. The van der Waals surface area contributed by atoms with E-state index in [1.54, 1.807) is 45.0 Å². The van der Waals surface area contributed by atoms with Gasteiger partial charge in [0, 0.05) is 5.56 Å². The lowest BCUT2D eigenvalue weighted by atomic mass is 9.81. The molecule has 1 aromatic rings. The van der Waals surface area contributed by atoms with E-state index in [2.05, 4.69) is 5.32 Å². The Bertz CT molecular complexity index is 652. The monoisotopic (exact) mass is 288 g/mol. The second-order valence-corrected chi connectivity index (χ2v) is 6.27. The molecule has 6 heteroatoms. The van der Waals surface area contributed by atoms with Gasteiger partial charge in [-0.3, -0.25) is 9.59 Å². The summed E-state index contributed by atoms with van der Waals surface area (Å²) in [5.74, 6) is -0.665. The highest BCUT2D eigenvalue weighted by molar-refractivity contribution is 6.24. The Balaban J connectivity index is 2.02. The second kappa shape index (κ2) is 4.07. The highest BCUT2D eigenvalue weighted by Gasteiger charge is 2.60. The average Bonchev–Trinajstić information content (AvgIpc) is 2.57. The Morgan fingerprint density at radius 3 is 2.48 bits per heavy atom. The fraction of sp³-hybridized carbons (Fsp3) is 0.400. The van der Waals surface area contributed by atoms with Crippen LogP contribution in [0.1, 0.15) is 32.8 Å². The van der Waals surface area contributed by atoms with E-state index in [0.717, 1.165) is 4.90 Å². The van der Waals surface area contributed by atoms with Gasteiger partial charge in [-0.05, 0) is 26.8 Å². The maximum atomic E-state index is 12.6. The summed E-state index contributed by atoms with van der Waals surface area (Å²) >= 11 is 0. The van der Waals surface area contributed by atoms with E-state index in [0.29, 0.717) is 11.3 Å². The molecule has 21 heavy (non-hydrogen) atoms. The summed E-state index contributed by atoms with van der Waals surface area (Å²) in [6, 6.07) is 6.94. The van der Waals surface area contributed by atoms with Crippen LogP contribution in [0.4, 0.5) is 10.5 Å². The Morgan fingerprint density at radius 2 is 1.90 bits per heavy atom. The fourth-order valence-electron chi connectivity index (χ4n) is 2.69. The predicted octanol–water partition coefficient (Wildman–Crippen LogP) is 1.68. The highest BCUT2D eigenvalue weighted by atomic mass is 16.6. The third kappa shape index (κ3) is 1.90. The number of nitrogens with one attached hydrogen (secondary N) is 1. The highest BCUT2D eigenvalue weighted by Crippen LogP contribution is 2.46. The minimum Gasteiger partial charge on any atom is -0.443 e. The standard InChI is InChI=1S/C15H16N2O4/c1-14(2,3)21-13(20)17-10-7-5-4-6-9(10)15(12(17)19)8-11(18)16-15/h4-7H,8H2,1-3H3,(H,16,18). The summed E-state index contributed by atoms with van der Waals surface area (Å²) in [7, 11) is 0. The molecule has 0 radical (unpaired) electrons. The van der Waals surface area contributed by atoms with Crippen LogP contribution in [0.5, 0.6) is 0 Å². The maximum absolute atomic E-state index is 12.6. The van der Waals surface area contributed by atoms with Gasteiger partial charge in [-0.1, -0.05) is 18.2 Å². The van der Waals surface area contributed by atoms with Crippen molar-refractivity contribution in [1.29, 1.82) is 0 Å². The molecule has 1 atom stereocenters. The van der Waals surface area contributed by atoms with Crippen LogP contribution in [0.2, 0.25) is 0 Å². The SMILES string of the molecule is CC(C)(C)OC(=O)N1C(=O)C2(CC(=O)N2)c2ccccc21. The van der Waals surface area contributed by atoms with Crippen molar-refractivity contribution in [1.82, 2.24) is 5.32 Å². The zero-order chi connectivity index (χ0) is 15.4. The average molecular weight is 288 g/mol.